The smallest absolute Gasteiger partial charge is 0.413 e. The average molecular weight is 249 g/mol. The molecule has 0 aliphatic rings. The quantitative estimate of drug-likeness (QED) is 0.618. The van der Waals surface area contributed by atoms with Crippen LogP contribution in [-0.2, 0) is 11.4 Å². The van der Waals surface area contributed by atoms with Gasteiger partial charge in [0.05, 0.1) is 5.56 Å². The third-order valence-corrected chi connectivity index (χ3v) is 1.85. The van der Waals surface area contributed by atoms with Crippen LogP contribution < -0.4 is 5.48 Å². The first-order valence-corrected chi connectivity index (χ1v) is 4.63. The summed E-state index contributed by atoms with van der Waals surface area (Å²) in [7, 11) is 0. The minimum absolute atomic E-state index is 0.0237. The minimum Gasteiger partial charge on any atom is -0.478 e. The van der Waals surface area contributed by atoms with Crippen molar-refractivity contribution in [1.29, 1.82) is 0 Å². The van der Waals surface area contributed by atoms with E-state index in [9.17, 15) is 18.0 Å². The monoisotopic (exact) mass is 249 g/mol. The molecule has 0 unspecified atom stereocenters. The van der Waals surface area contributed by atoms with E-state index in [1.165, 1.54) is 18.2 Å². The van der Waals surface area contributed by atoms with E-state index in [0.717, 1.165) is 0 Å². The second-order valence-corrected chi connectivity index (χ2v) is 3.19. The van der Waals surface area contributed by atoms with E-state index < -0.39 is 18.8 Å². The molecule has 0 heterocycles. The van der Waals surface area contributed by atoms with Gasteiger partial charge >= 0.3 is 12.1 Å². The van der Waals surface area contributed by atoms with Gasteiger partial charge in [0, 0.05) is 6.54 Å². The number of carboxylic acid groups (broad SMARTS) is 1. The molecule has 1 rings (SSSR count). The van der Waals surface area contributed by atoms with Gasteiger partial charge < -0.3 is 5.11 Å². The van der Waals surface area contributed by atoms with E-state index in [0.29, 0.717) is 5.56 Å². The Balaban J connectivity index is 2.49. The molecule has 1 aromatic carbocycles. The number of benzene rings is 1. The predicted octanol–water partition coefficient (Wildman–Crippen LogP) is 1.97. The van der Waals surface area contributed by atoms with Gasteiger partial charge in [0.1, 0.15) is 0 Å². The third kappa shape index (κ3) is 4.83. The van der Waals surface area contributed by atoms with Gasteiger partial charge in [0.2, 0.25) is 0 Å². The molecule has 0 spiro atoms. The lowest BCUT2D eigenvalue weighted by molar-refractivity contribution is -0.190. The van der Waals surface area contributed by atoms with Crippen molar-refractivity contribution in [3.63, 3.8) is 0 Å². The molecule has 0 aromatic heterocycles. The maximum Gasteiger partial charge on any atom is 0.413 e. The second kappa shape index (κ2) is 5.65. The third-order valence-electron chi connectivity index (χ3n) is 1.85. The van der Waals surface area contributed by atoms with Crippen molar-refractivity contribution in [3.05, 3.63) is 35.4 Å². The van der Waals surface area contributed by atoms with Gasteiger partial charge in [-0.2, -0.15) is 18.7 Å². The molecule has 94 valence electrons. The fraction of sp³-hybridized carbons (Fsp3) is 0.300. The summed E-state index contributed by atoms with van der Waals surface area (Å²) in [4.78, 5) is 14.9. The summed E-state index contributed by atoms with van der Waals surface area (Å²) >= 11 is 0. The fourth-order valence-electron chi connectivity index (χ4n) is 1.14. The molecule has 0 atom stereocenters. The van der Waals surface area contributed by atoms with Crippen molar-refractivity contribution < 1.29 is 27.9 Å². The first kappa shape index (κ1) is 13.5. The number of alkyl halides is 3. The van der Waals surface area contributed by atoms with E-state index in [1.807, 2.05) is 0 Å². The average Bonchev–Trinajstić information content (AvgIpc) is 2.23. The van der Waals surface area contributed by atoms with Crippen LogP contribution in [0.2, 0.25) is 0 Å². The first-order valence-electron chi connectivity index (χ1n) is 4.63. The number of hydrogen-bond donors (Lipinski definition) is 2. The van der Waals surface area contributed by atoms with Crippen molar-refractivity contribution >= 4 is 5.97 Å². The molecular weight excluding hydrogens is 239 g/mol. The van der Waals surface area contributed by atoms with Crippen LogP contribution in [0.5, 0.6) is 0 Å². The lowest BCUT2D eigenvalue weighted by atomic mass is 10.1. The summed E-state index contributed by atoms with van der Waals surface area (Å²) in [5.41, 5.74) is 2.44. The fourth-order valence-corrected chi connectivity index (χ4v) is 1.14. The number of hydroxylamine groups is 1. The Morgan fingerprint density at radius 3 is 2.59 bits per heavy atom. The Morgan fingerprint density at radius 1 is 1.35 bits per heavy atom. The summed E-state index contributed by atoms with van der Waals surface area (Å²) < 4.78 is 35.2. The van der Waals surface area contributed by atoms with Gasteiger partial charge in [-0.15, -0.1) is 0 Å². The molecule has 0 amide bonds. The van der Waals surface area contributed by atoms with Gasteiger partial charge in [-0.25, -0.2) is 4.79 Å². The van der Waals surface area contributed by atoms with Crippen LogP contribution in [0.1, 0.15) is 15.9 Å². The van der Waals surface area contributed by atoms with Crippen LogP contribution in [0.4, 0.5) is 13.2 Å². The van der Waals surface area contributed by atoms with E-state index in [4.69, 9.17) is 5.11 Å². The number of halogens is 3. The van der Waals surface area contributed by atoms with Crippen molar-refractivity contribution in [2.75, 3.05) is 6.61 Å². The number of aromatic carboxylic acids is 1. The lowest BCUT2D eigenvalue weighted by Crippen LogP contribution is -2.25. The molecule has 0 aliphatic heterocycles. The Morgan fingerprint density at radius 2 is 2.00 bits per heavy atom. The van der Waals surface area contributed by atoms with E-state index >= 15 is 0 Å². The summed E-state index contributed by atoms with van der Waals surface area (Å²) in [6, 6.07) is 5.98. The zero-order valence-electron chi connectivity index (χ0n) is 8.62. The van der Waals surface area contributed by atoms with Crippen molar-refractivity contribution in [2.45, 2.75) is 12.7 Å². The predicted molar refractivity (Wildman–Crippen MR) is 52.2 cm³/mol. The Kier molecular flexibility index (Phi) is 4.47. The molecule has 7 heteroatoms. The highest BCUT2D eigenvalue weighted by atomic mass is 19.4. The van der Waals surface area contributed by atoms with Crippen LogP contribution in [-0.4, -0.2) is 23.9 Å². The summed E-state index contributed by atoms with van der Waals surface area (Å²) in [5.74, 6) is -1.14. The molecule has 2 N–H and O–H groups in total. The summed E-state index contributed by atoms with van der Waals surface area (Å²) in [5, 5.41) is 8.80. The molecule has 0 saturated carbocycles. The Hall–Kier alpha value is -1.60. The minimum atomic E-state index is -4.42. The molecule has 0 fully saturated rings. The molecule has 0 saturated heterocycles. The van der Waals surface area contributed by atoms with Gasteiger partial charge in [0.25, 0.3) is 0 Å². The largest absolute Gasteiger partial charge is 0.478 e. The van der Waals surface area contributed by atoms with E-state index in [2.05, 4.69) is 10.3 Å². The van der Waals surface area contributed by atoms with Crippen LogP contribution in [0, 0.1) is 0 Å². The highest BCUT2D eigenvalue weighted by molar-refractivity contribution is 5.89. The van der Waals surface area contributed by atoms with Gasteiger partial charge in [-0.1, -0.05) is 18.2 Å². The standard InChI is InChI=1S/C10H10F3NO3/c11-10(12,13)6-17-14-5-7-3-1-2-4-8(7)9(15)16/h1-4,14H,5-6H2,(H,15,16). The molecule has 1 aromatic rings. The van der Waals surface area contributed by atoms with Gasteiger partial charge in [-0.3, -0.25) is 4.84 Å². The van der Waals surface area contributed by atoms with Crippen LogP contribution in [0.25, 0.3) is 0 Å². The van der Waals surface area contributed by atoms with Crippen LogP contribution >= 0.6 is 0 Å². The molecule has 0 bridgehead atoms. The second-order valence-electron chi connectivity index (χ2n) is 3.19. The maximum atomic E-state index is 11.7. The zero-order chi connectivity index (χ0) is 12.9. The lowest BCUT2D eigenvalue weighted by Gasteiger charge is -2.09. The summed E-state index contributed by atoms with van der Waals surface area (Å²) in [6.45, 7) is -1.54. The van der Waals surface area contributed by atoms with E-state index in [-0.39, 0.29) is 12.1 Å². The Labute approximate surface area is 95.0 Å². The van der Waals surface area contributed by atoms with Gasteiger partial charge in [-0.05, 0) is 11.6 Å². The number of carboxylic acids is 1. The number of hydrogen-bond acceptors (Lipinski definition) is 3. The normalized spacial score (nSPS) is 11.5. The molecule has 0 aliphatic carbocycles. The highest BCUT2D eigenvalue weighted by Gasteiger charge is 2.27. The first-order chi connectivity index (χ1) is 7.90. The van der Waals surface area contributed by atoms with E-state index in [1.54, 1.807) is 6.07 Å². The topological polar surface area (TPSA) is 58.6 Å². The molecule has 0 radical (unpaired) electrons. The number of nitrogens with one attached hydrogen (secondary N) is 1. The Bertz CT molecular complexity index is 393. The molecular formula is C10H10F3NO3. The van der Waals surface area contributed by atoms with Crippen molar-refractivity contribution in [1.82, 2.24) is 5.48 Å². The summed E-state index contributed by atoms with van der Waals surface area (Å²) in [6.07, 6.45) is -4.42. The zero-order valence-corrected chi connectivity index (χ0v) is 8.62. The number of rotatable bonds is 5. The SMILES string of the molecule is O=C(O)c1ccccc1CNOCC(F)(F)F. The van der Waals surface area contributed by atoms with Crippen molar-refractivity contribution in [3.8, 4) is 0 Å². The molecule has 17 heavy (non-hydrogen) atoms. The van der Waals surface area contributed by atoms with Gasteiger partial charge in [0.15, 0.2) is 6.61 Å². The van der Waals surface area contributed by atoms with Crippen LogP contribution in [0.3, 0.4) is 0 Å². The van der Waals surface area contributed by atoms with Crippen LogP contribution in [0.15, 0.2) is 24.3 Å². The maximum absolute atomic E-state index is 11.7. The molecule has 4 nitrogen and oxygen atoms in total. The highest BCUT2D eigenvalue weighted by Crippen LogP contribution is 2.14. The van der Waals surface area contributed by atoms with Crippen molar-refractivity contribution in [2.24, 2.45) is 0 Å². The number of carbonyl (C=O) groups is 1.